The fourth-order valence-corrected chi connectivity index (χ4v) is 6.14. The minimum atomic E-state index is -4.06. The van der Waals surface area contributed by atoms with Crippen LogP contribution in [0.15, 0.2) is 116 Å². The topological polar surface area (TPSA) is 131 Å². The van der Waals surface area contributed by atoms with Crippen molar-refractivity contribution in [1.82, 2.24) is 10.1 Å². The van der Waals surface area contributed by atoms with Gasteiger partial charge in [-0.1, -0.05) is 75.6 Å². The molecule has 0 bridgehead atoms. The predicted molar refractivity (Wildman–Crippen MR) is 164 cm³/mol. The molecule has 1 unspecified atom stereocenters. The van der Waals surface area contributed by atoms with E-state index in [2.05, 4.69) is 31.2 Å². The van der Waals surface area contributed by atoms with Gasteiger partial charge in [0.1, 0.15) is 16.7 Å². The average Bonchev–Trinajstić information content (AvgIpc) is 2.95. The van der Waals surface area contributed by atoms with Gasteiger partial charge < -0.3 is 4.18 Å². The molecule has 2 N–H and O–H groups in total. The Morgan fingerprint density at radius 2 is 1.36 bits per heavy atom. The standard InChI is InChI=1S/C30H28BrN3O6S2/c1-21-3-15-27(16-4-21)41(36,37)34-29(30(35)33-32-20-24-7-11-25(31)12-8-24)19-23-9-13-26(14-10-23)40-42(38,39)28-17-5-22(2)6-18-28/h3-18,20,29,34H,19H2,1-2H3,(H,33,35)/b32-20-. The van der Waals surface area contributed by atoms with E-state index in [9.17, 15) is 21.6 Å². The number of benzene rings is 4. The molecule has 4 rings (SSSR count). The quantitative estimate of drug-likeness (QED) is 0.133. The molecule has 0 fully saturated rings. The lowest BCUT2D eigenvalue weighted by molar-refractivity contribution is -0.122. The number of hydrogen-bond donors (Lipinski definition) is 2. The van der Waals surface area contributed by atoms with Crippen molar-refractivity contribution < 1.29 is 25.8 Å². The summed E-state index contributed by atoms with van der Waals surface area (Å²) in [6.07, 6.45) is 1.40. The van der Waals surface area contributed by atoms with Crippen molar-refractivity contribution in [2.45, 2.75) is 36.1 Å². The molecule has 0 radical (unpaired) electrons. The van der Waals surface area contributed by atoms with Crippen molar-refractivity contribution in [1.29, 1.82) is 0 Å². The van der Waals surface area contributed by atoms with Crippen LogP contribution in [-0.2, 0) is 31.4 Å². The van der Waals surface area contributed by atoms with Crippen LogP contribution >= 0.6 is 15.9 Å². The highest BCUT2D eigenvalue weighted by Crippen LogP contribution is 2.21. The largest absolute Gasteiger partial charge is 0.379 e. The predicted octanol–water partition coefficient (Wildman–Crippen LogP) is 4.87. The first-order chi connectivity index (χ1) is 19.9. The number of hydrogen-bond acceptors (Lipinski definition) is 7. The summed E-state index contributed by atoms with van der Waals surface area (Å²) < 4.78 is 60.1. The first-order valence-electron chi connectivity index (χ1n) is 12.7. The summed E-state index contributed by atoms with van der Waals surface area (Å²) in [5.41, 5.74) is 5.48. The van der Waals surface area contributed by atoms with Gasteiger partial charge >= 0.3 is 10.1 Å². The molecular formula is C30H28BrN3O6S2. The van der Waals surface area contributed by atoms with Crippen LogP contribution in [0.2, 0.25) is 0 Å². The van der Waals surface area contributed by atoms with Crippen LogP contribution in [0.3, 0.4) is 0 Å². The number of nitrogens with one attached hydrogen (secondary N) is 2. The molecule has 4 aromatic rings. The van der Waals surface area contributed by atoms with Crippen LogP contribution in [0.5, 0.6) is 5.75 Å². The van der Waals surface area contributed by atoms with Gasteiger partial charge in [0.05, 0.1) is 11.1 Å². The third-order valence-corrected chi connectivity index (χ3v) is 9.36. The number of carbonyl (C=O) groups is 1. The van der Waals surface area contributed by atoms with Crippen LogP contribution in [0, 0.1) is 13.8 Å². The van der Waals surface area contributed by atoms with Crippen LogP contribution in [0.1, 0.15) is 22.3 Å². The Morgan fingerprint density at radius 3 is 1.93 bits per heavy atom. The molecule has 0 heterocycles. The number of sulfonamides is 1. The number of carbonyl (C=O) groups excluding carboxylic acids is 1. The molecule has 12 heteroatoms. The second-order valence-corrected chi connectivity index (χ2v) is 13.6. The van der Waals surface area contributed by atoms with Gasteiger partial charge in [0.25, 0.3) is 5.91 Å². The van der Waals surface area contributed by atoms with Crippen molar-refractivity contribution in [2.24, 2.45) is 5.10 Å². The van der Waals surface area contributed by atoms with E-state index in [-0.39, 0.29) is 22.0 Å². The molecule has 1 amide bonds. The zero-order valence-electron chi connectivity index (χ0n) is 22.7. The van der Waals surface area contributed by atoms with E-state index in [0.29, 0.717) is 5.56 Å². The number of halogens is 1. The third kappa shape index (κ3) is 8.58. The van der Waals surface area contributed by atoms with Crippen molar-refractivity contribution in [3.63, 3.8) is 0 Å². The van der Waals surface area contributed by atoms with Crippen LogP contribution in [-0.4, -0.2) is 35.0 Å². The lowest BCUT2D eigenvalue weighted by Gasteiger charge is -2.18. The highest BCUT2D eigenvalue weighted by atomic mass is 79.9. The van der Waals surface area contributed by atoms with Crippen molar-refractivity contribution in [2.75, 3.05) is 0 Å². The Balaban J connectivity index is 1.51. The van der Waals surface area contributed by atoms with Gasteiger partial charge in [-0.2, -0.15) is 18.2 Å². The number of rotatable bonds is 11. The summed E-state index contributed by atoms with van der Waals surface area (Å²) in [6.45, 7) is 3.68. The molecule has 0 spiro atoms. The molecule has 1 atom stereocenters. The Labute approximate surface area is 253 Å². The van der Waals surface area contributed by atoms with Crippen molar-refractivity contribution >= 4 is 48.2 Å². The monoisotopic (exact) mass is 669 g/mol. The minimum absolute atomic E-state index is 0.00863. The maximum atomic E-state index is 13.1. The zero-order valence-corrected chi connectivity index (χ0v) is 25.9. The lowest BCUT2D eigenvalue weighted by Crippen LogP contribution is -2.46. The summed E-state index contributed by atoms with van der Waals surface area (Å²) in [5, 5.41) is 3.98. The fraction of sp³-hybridized carbons (Fsp3) is 0.133. The van der Waals surface area contributed by atoms with Crippen LogP contribution in [0.25, 0.3) is 0 Å². The number of hydrazone groups is 1. The highest BCUT2D eigenvalue weighted by molar-refractivity contribution is 9.10. The molecule has 0 aliphatic carbocycles. The van der Waals surface area contributed by atoms with E-state index >= 15 is 0 Å². The van der Waals surface area contributed by atoms with Gasteiger partial charge in [0, 0.05) is 4.47 Å². The Hall–Kier alpha value is -3.84. The SMILES string of the molecule is Cc1ccc(S(=O)(=O)NC(Cc2ccc(OS(=O)(=O)c3ccc(C)cc3)cc2)C(=O)N/N=C\c2ccc(Br)cc2)cc1. The summed E-state index contributed by atoms with van der Waals surface area (Å²) in [7, 11) is -8.11. The molecule has 218 valence electrons. The van der Waals surface area contributed by atoms with Crippen molar-refractivity contribution in [3.05, 3.63) is 124 Å². The van der Waals surface area contributed by atoms with E-state index < -0.39 is 32.1 Å². The molecule has 0 aliphatic heterocycles. The normalized spacial score (nSPS) is 12.6. The van der Waals surface area contributed by atoms with E-state index in [4.69, 9.17) is 4.18 Å². The maximum absolute atomic E-state index is 13.1. The van der Waals surface area contributed by atoms with E-state index in [1.165, 1.54) is 42.6 Å². The first kappa shape index (κ1) is 31.1. The minimum Gasteiger partial charge on any atom is -0.379 e. The van der Waals surface area contributed by atoms with Gasteiger partial charge in [0.15, 0.2) is 0 Å². The van der Waals surface area contributed by atoms with Crippen molar-refractivity contribution in [3.8, 4) is 5.75 Å². The molecule has 0 saturated carbocycles. The van der Waals surface area contributed by atoms with Gasteiger partial charge in [-0.25, -0.2) is 13.8 Å². The Bertz CT molecular complexity index is 1770. The summed E-state index contributed by atoms with van der Waals surface area (Å²) >= 11 is 3.35. The first-order valence-corrected chi connectivity index (χ1v) is 16.4. The summed E-state index contributed by atoms with van der Waals surface area (Å²) in [6, 6.07) is 24.5. The van der Waals surface area contributed by atoms with Gasteiger partial charge in [0.2, 0.25) is 10.0 Å². The van der Waals surface area contributed by atoms with E-state index in [1.807, 2.05) is 26.0 Å². The number of aryl methyl sites for hydroxylation is 2. The molecule has 42 heavy (non-hydrogen) atoms. The fourth-order valence-electron chi connectivity index (χ4n) is 3.75. The van der Waals surface area contributed by atoms with Gasteiger partial charge in [-0.05, 0) is 79.9 Å². The number of nitrogens with zero attached hydrogens (tertiary/aromatic N) is 1. The van der Waals surface area contributed by atoms with Gasteiger partial charge in [-0.15, -0.1) is 0 Å². The Kier molecular flexibility index (Phi) is 9.94. The lowest BCUT2D eigenvalue weighted by atomic mass is 10.1. The van der Waals surface area contributed by atoms with Crippen LogP contribution in [0.4, 0.5) is 0 Å². The molecule has 0 aromatic heterocycles. The maximum Gasteiger partial charge on any atom is 0.339 e. The van der Waals surface area contributed by atoms with Gasteiger partial charge in [-0.3, -0.25) is 4.79 Å². The van der Waals surface area contributed by atoms with E-state index in [1.54, 1.807) is 48.5 Å². The Morgan fingerprint density at radius 1 is 0.810 bits per heavy atom. The highest BCUT2D eigenvalue weighted by Gasteiger charge is 2.26. The summed E-state index contributed by atoms with van der Waals surface area (Å²) in [4.78, 5) is 13.2. The molecular weight excluding hydrogens is 642 g/mol. The van der Waals surface area contributed by atoms with Crippen LogP contribution < -0.4 is 14.3 Å². The molecule has 0 saturated heterocycles. The zero-order chi connectivity index (χ0) is 30.3. The summed E-state index contributed by atoms with van der Waals surface area (Å²) in [5.74, 6) is -0.610. The second-order valence-electron chi connectivity index (χ2n) is 9.47. The third-order valence-electron chi connectivity index (χ3n) is 6.08. The number of amides is 1. The molecule has 9 nitrogen and oxygen atoms in total. The molecule has 0 aliphatic rings. The molecule has 4 aromatic carbocycles. The average molecular weight is 671 g/mol. The smallest absolute Gasteiger partial charge is 0.339 e. The van der Waals surface area contributed by atoms with E-state index in [0.717, 1.165) is 21.2 Å². The second kappa shape index (κ2) is 13.4.